The van der Waals surface area contributed by atoms with Crippen molar-refractivity contribution < 1.29 is 0 Å². The van der Waals surface area contributed by atoms with Crippen LogP contribution in [0.25, 0.3) is 43.4 Å². The van der Waals surface area contributed by atoms with Gasteiger partial charge < -0.3 is 0 Å². The molecule has 5 aromatic rings. The van der Waals surface area contributed by atoms with Gasteiger partial charge in [0.25, 0.3) is 0 Å². The lowest BCUT2D eigenvalue weighted by Gasteiger charge is -2.26. The Kier molecular flexibility index (Phi) is 4.26. The molecule has 0 heterocycles. The molecule has 0 bridgehead atoms. The smallest absolute Gasteiger partial charge is 0.0181 e. The number of hydrogen-bond donors (Lipinski definition) is 0. The summed E-state index contributed by atoms with van der Waals surface area (Å²) < 4.78 is 1.12. The van der Waals surface area contributed by atoms with E-state index in [1.165, 1.54) is 49.0 Å². The fourth-order valence-corrected chi connectivity index (χ4v) is 5.05. The van der Waals surface area contributed by atoms with E-state index in [2.05, 4.69) is 122 Å². The molecule has 0 aliphatic rings. The summed E-state index contributed by atoms with van der Waals surface area (Å²) in [6.45, 7) is 6.94. The monoisotopic (exact) mass is 438 g/mol. The van der Waals surface area contributed by atoms with Crippen LogP contribution in [-0.2, 0) is 5.41 Å². The lowest BCUT2D eigenvalue weighted by Crippen LogP contribution is -2.13. The van der Waals surface area contributed by atoms with E-state index < -0.39 is 0 Å². The molecule has 0 amide bonds. The second-order valence-electron chi connectivity index (χ2n) is 8.76. The quantitative estimate of drug-likeness (QED) is 0.229. The summed E-state index contributed by atoms with van der Waals surface area (Å²) in [5.74, 6) is 0. The van der Waals surface area contributed by atoms with Crippen molar-refractivity contribution in [3.05, 3.63) is 95.0 Å². The van der Waals surface area contributed by atoms with Crippen molar-refractivity contribution in [2.24, 2.45) is 0 Å². The van der Waals surface area contributed by atoms with Crippen LogP contribution in [0, 0.1) is 0 Å². The molecule has 0 spiro atoms. The molecule has 0 saturated carbocycles. The van der Waals surface area contributed by atoms with Crippen molar-refractivity contribution >= 4 is 48.2 Å². The van der Waals surface area contributed by atoms with Crippen LogP contribution in [0.5, 0.6) is 0 Å². The highest BCUT2D eigenvalue weighted by molar-refractivity contribution is 9.10. The van der Waals surface area contributed by atoms with Gasteiger partial charge in [-0.3, -0.25) is 0 Å². The maximum Gasteiger partial charge on any atom is 0.0181 e. The number of rotatable bonds is 1. The topological polar surface area (TPSA) is 0 Å². The van der Waals surface area contributed by atoms with Gasteiger partial charge in [0, 0.05) is 4.47 Å². The zero-order chi connectivity index (χ0) is 20.2. The molecular weight excluding hydrogens is 416 g/mol. The Morgan fingerprint density at radius 2 is 1.21 bits per heavy atom. The fourth-order valence-electron chi connectivity index (χ4n) is 4.69. The average Bonchev–Trinajstić information content (AvgIpc) is 2.70. The van der Waals surface area contributed by atoms with E-state index in [0.29, 0.717) is 0 Å². The van der Waals surface area contributed by atoms with Crippen LogP contribution in [0.2, 0.25) is 0 Å². The molecule has 0 atom stereocenters. The van der Waals surface area contributed by atoms with E-state index in [0.717, 1.165) is 4.47 Å². The van der Waals surface area contributed by atoms with E-state index in [4.69, 9.17) is 0 Å². The first-order valence-corrected chi connectivity index (χ1v) is 10.9. The molecule has 0 unspecified atom stereocenters. The van der Waals surface area contributed by atoms with Crippen LogP contribution in [0.1, 0.15) is 26.3 Å². The maximum atomic E-state index is 3.72. The third-order valence-electron chi connectivity index (χ3n) is 5.80. The molecule has 5 aromatic carbocycles. The van der Waals surface area contributed by atoms with Crippen LogP contribution in [0.4, 0.5) is 0 Å². The number of hydrogen-bond acceptors (Lipinski definition) is 0. The second-order valence-corrected chi connectivity index (χ2v) is 9.68. The Hall–Kier alpha value is -2.64. The largest absolute Gasteiger partial charge is 0.0616 e. The Morgan fingerprint density at radius 3 is 1.97 bits per heavy atom. The molecule has 5 rings (SSSR count). The fraction of sp³-hybridized carbons (Fsp3) is 0.143. The third kappa shape index (κ3) is 2.96. The number of benzene rings is 5. The lowest BCUT2D eigenvalue weighted by atomic mass is 9.77. The summed E-state index contributed by atoms with van der Waals surface area (Å²) in [6.07, 6.45) is 0. The first kappa shape index (κ1) is 18.4. The van der Waals surface area contributed by atoms with Gasteiger partial charge in [-0.25, -0.2) is 0 Å². The minimum atomic E-state index is 0.0376. The van der Waals surface area contributed by atoms with Gasteiger partial charge >= 0.3 is 0 Å². The standard InChI is InChI=1S/C28H23Br/c1-28(2,3)27-24-13-7-6-12-22(24)26(23-16-15-19(29)17-25(23)27)21-14-8-10-18-9-4-5-11-20(18)21/h4-17H,1-3H3. The van der Waals surface area contributed by atoms with Gasteiger partial charge in [-0.2, -0.15) is 0 Å². The normalized spacial score (nSPS) is 12.1. The Balaban J connectivity index is 2.07. The molecule has 0 fully saturated rings. The predicted octanol–water partition coefficient (Wildman–Crippen LogP) is 8.87. The molecule has 0 saturated heterocycles. The second kappa shape index (κ2) is 6.71. The molecule has 1 heteroatoms. The molecule has 0 radical (unpaired) electrons. The molecule has 0 nitrogen and oxygen atoms in total. The van der Waals surface area contributed by atoms with Crippen LogP contribution >= 0.6 is 15.9 Å². The highest BCUT2D eigenvalue weighted by atomic mass is 79.9. The summed E-state index contributed by atoms with van der Waals surface area (Å²) in [5, 5.41) is 7.88. The van der Waals surface area contributed by atoms with E-state index >= 15 is 0 Å². The van der Waals surface area contributed by atoms with E-state index in [9.17, 15) is 0 Å². The van der Waals surface area contributed by atoms with Gasteiger partial charge in [-0.05, 0) is 66.6 Å². The van der Waals surface area contributed by atoms with Crippen LogP contribution in [-0.4, -0.2) is 0 Å². The molecule has 0 N–H and O–H groups in total. The zero-order valence-corrected chi connectivity index (χ0v) is 18.5. The zero-order valence-electron chi connectivity index (χ0n) is 17.0. The number of halogens is 1. The molecular formula is C28H23Br. The molecule has 0 aliphatic heterocycles. The minimum Gasteiger partial charge on any atom is -0.0616 e. The molecule has 29 heavy (non-hydrogen) atoms. The van der Waals surface area contributed by atoms with E-state index in [1.54, 1.807) is 0 Å². The Labute approximate surface area is 180 Å². The minimum absolute atomic E-state index is 0.0376. The van der Waals surface area contributed by atoms with Crippen molar-refractivity contribution in [1.82, 2.24) is 0 Å². The van der Waals surface area contributed by atoms with Gasteiger partial charge in [0.2, 0.25) is 0 Å². The van der Waals surface area contributed by atoms with Crippen molar-refractivity contribution in [2.75, 3.05) is 0 Å². The van der Waals surface area contributed by atoms with Gasteiger partial charge in [0.1, 0.15) is 0 Å². The summed E-state index contributed by atoms with van der Waals surface area (Å²) in [4.78, 5) is 0. The van der Waals surface area contributed by atoms with Crippen molar-refractivity contribution in [3.63, 3.8) is 0 Å². The predicted molar refractivity (Wildman–Crippen MR) is 131 cm³/mol. The van der Waals surface area contributed by atoms with Crippen molar-refractivity contribution in [3.8, 4) is 11.1 Å². The third-order valence-corrected chi connectivity index (χ3v) is 6.29. The first-order chi connectivity index (χ1) is 13.9. The van der Waals surface area contributed by atoms with Gasteiger partial charge in [-0.1, -0.05) is 109 Å². The van der Waals surface area contributed by atoms with Crippen molar-refractivity contribution in [2.45, 2.75) is 26.2 Å². The highest BCUT2D eigenvalue weighted by Crippen LogP contribution is 2.45. The average molecular weight is 439 g/mol. The van der Waals surface area contributed by atoms with E-state index in [1.807, 2.05) is 0 Å². The maximum absolute atomic E-state index is 3.72. The van der Waals surface area contributed by atoms with Crippen LogP contribution in [0.3, 0.4) is 0 Å². The van der Waals surface area contributed by atoms with Gasteiger partial charge in [-0.15, -0.1) is 0 Å². The van der Waals surface area contributed by atoms with Crippen LogP contribution < -0.4 is 0 Å². The summed E-state index contributed by atoms with van der Waals surface area (Å²) >= 11 is 3.72. The van der Waals surface area contributed by atoms with Gasteiger partial charge in [0.05, 0.1) is 0 Å². The molecule has 0 aromatic heterocycles. The molecule has 142 valence electrons. The van der Waals surface area contributed by atoms with Crippen molar-refractivity contribution in [1.29, 1.82) is 0 Å². The SMILES string of the molecule is CC(C)(C)c1c2ccccc2c(-c2cccc3ccccc23)c2ccc(Br)cc12. The Bertz CT molecular complexity index is 1380. The molecule has 0 aliphatic carbocycles. The highest BCUT2D eigenvalue weighted by Gasteiger charge is 2.24. The summed E-state index contributed by atoms with van der Waals surface area (Å²) in [7, 11) is 0. The van der Waals surface area contributed by atoms with Crippen LogP contribution in [0.15, 0.2) is 89.4 Å². The summed E-state index contributed by atoms with van der Waals surface area (Å²) in [5.41, 5.74) is 4.07. The van der Waals surface area contributed by atoms with E-state index in [-0.39, 0.29) is 5.41 Å². The number of fused-ring (bicyclic) bond motifs is 3. The summed E-state index contributed by atoms with van der Waals surface area (Å²) in [6, 6.07) is 30.9. The lowest BCUT2D eigenvalue weighted by molar-refractivity contribution is 0.601. The first-order valence-electron chi connectivity index (χ1n) is 10.1. The Morgan fingerprint density at radius 1 is 0.586 bits per heavy atom. The van der Waals surface area contributed by atoms with Gasteiger partial charge in [0.15, 0.2) is 0 Å².